The minimum atomic E-state index is -0.303. The van der Waals surface area contributed by atoms with Crippen LogP contribution < -0.4 is 5.32 Å². The normalized spacial score (nSPS) is 11.0. The molecule has 8 heteroatoms. The molecule has 33 heavy (non-hydrogen) atoms. The summed E-state index contributed by atoms with van der Waals surface area (Å²) in [6, 6.07) is 20.6. The Bertz CT molecular complexity index is 1480. The van der Waals surface area contributed by atoms with Gasteiger partial charge in [-0.05, 0) is 48.9 Å². The van der Waals surface area contributed by atoms with Gasteiger partial charge in [-0.2, -0.15) is 5.10 Å². The van der Waals surface area contributed by atoms with Crippen molar-refractivity contribution in [1.29, 1.82) is 0 Å². The fraction of sp³-hybridized carbons (Fsp3) is 0.0800. The van der Waals surface area contributed by atoms with Crippen LogP contribution in [-0.4, -0.2) is 30.6 Å². The zero-order valence-electron chi connectivity index (χ0n) is 17.7. The lowest BCUT2D eigenvalue weighted by Crippen LogP contribution is -2.23. The van der Waals surface area contributed by atoms with Crippen LogP contribution in [0.15, 0.2) is 79.1 Å². The van der Waals surface area contributed by atoms with Gasteiger partial charge in [0, 0.05) is 35.2 Å². The highest BCUT2D eigenvalue weighted by atomic mass is 35.5. The molecular formula is C25H19ClN6O. The van der Waals surface area contributed by atoms with Gasteiger partial charge in [0.15, 0.2) is 11.5 Å². The van der Waals surface area contributed by atoms with Gasteiger partial charge in [0.1, 0.15) is 0 Å². The van der Waals surface area contributed by atoms with Crippen LogP contribution >= 0.6 is 11.6 Å². The number of pyridine rings is 1. The third-order valence-corrected chi connectivity index (χ3v) is 5.56. The summed E-state index contributed by atoms with van der Waals surface area (Å²) in [6.45, 7) is 2.21. The molecule has 1 amide bonds. The Balaban J connectivity index is 1.54. The molecule has 0 saturated heterocycles. The zero-order valence-corrected chi connectivity index (χ0v) is 18.5. The van der Waals surface area contributed by atoms with Gasteiger partial charge >= 0.3 is 0 Å². The van der Waals surface area contributed by atoms with Crippen molar-refractivity contribution in [3.63, 3.8) is 0 Å². The minimum Gasteiger partial charge on any atom is -0.347 e. The largest absolute Gasteiger partial charge is 0.347 e. The lowest BCUT2D eigenvalue weighted by Gasteiger charge is -2.08. The second-order valence-corrected chi connectivity index (χ2v) is 7.90. The predicted molar refractivity (Wildman–Crippen MR) is 127 cm³/mol. The van der Waals surface area contributed by atoms with Gasteiger partial charge < -0.3 is 5.32 Å². The minimum absolute atomic E-state index is 0.277. The van der Waals surface area contributed by atoms with E-state index in [-0.39, 0.29) is 11.6 Å². The number of amides is 1. The van der Waals surface area contributed by atoms with Gasteiger partial charge in [-0.1, -0.05) is 41.9 Å². The highest BCUT2D eigenvalue weighted by Crippen LogP contribution is 2.26. The molecule has 0 fully saturated rings. The molecule has 7 nitrogen and oxygen atoms in total. The van der Waals surface area contributed by atoms with Crippen LogP contribution in [0.2, 0.25) is 5.02 Å². The van der Waals surface area contributed by atoms with E-state index in [1.807, 2.05) is 61.5 Å². The summed E-state index contributed by atoms with van der Waals surface area (Å²) < 4.78 is 1.68. The third kappa shape index (κ3) is 4.31. The molecule has 3 heterocycles. The Hall–Kier alpha value is -4.10. The number of fused-ring (bicyclic) bond motifs is 1. The van der Waals surface area contributed by atoms with Gasteiger partial charge in [0.2, 0.25) is 0 Å². The van der Waals surface area contributed by atoms with E-state index >= 15 is 0 Å². The summed E-state index contributed by atoms with van der Waals surface area (Å²) in [7, 11) is 0. The van der Waals surface area contributed by atoms with E-state index in [9.17, 15) is 4.79 Å². The van der Waals surface area contributed by atoms with Crippen molar-refractivity contribution >= 4 is 28.5 Å². The van der Waals surface area contributed by atoms with Gasteiger partial charge in [0.05, 0.1) is 16.7 Å². The van der Waals surface area contributed by atoms with Crippen LogP contribution in [0.5, 0.6) is 0 Å². The number of hydrogen-bond acceptors (Lipinski definition) is 5. The molecular weight excluding hydrogens is 436 g/mol. The van der Waals surface area contributed by atoms with Gasteiger partial charge in [-0.15, -0.1) is 0 Å². The molecule has 5 aromatic rings. The highest BCUT2D eigenvalue weighted by Gasteiger charge is 2.18. The first-order valence-electron chi connectivity index (χ1n) is 10.4. The van der Waals surface area contributed by atoms with Crippen LogP contribution in [0.4, 0.5) is 0 Å². The molecule has 0 saturated carbocycles. The monoisotopic (exact) mass is 454 g/mol. The van der Waals surface area contributed by atoms with Gasteiger partial charge in [0.25, 0.3) is 5.91 Å². The number of carbonyl (C=O) groups excluding carboxylic acids is 1. The molecule has 0 spiro atoms. The van der Waals surface area contributed by atoms with E-state index in [1.165, 1.54) is 0 Å². The van der Waals surface area contributed by atoms with Crippen LogP contribution in [-0.2, 0) is 6.54 Å². The quantitative estimate of drug-likeness (QED) is 0.413. The fourth-order valence-electron chi connectivity index (χ4n) is 3.55. The van der Waals surface area contributed by atoms with E-state index in [0.717, 1.165) is 33.5 Å². The van der Waals surface area contributed by atoms with Crippen molar-refractivity contribution in [2.24, 2.45) is 0 Å². The second kappa shape index (κ2) is 8.80. The Kier molecular flexibility index (Phi) is 5.54. The molecule has 0 unspecified atom stereocenters. The van der Waals surface area contributed by atoms with E-state index in [1.54, 1.807) is 29.2 Å². The molecule has 0 bridgehead atoms. The van der Waals surface area contributed by atoms with Crippen molar-refractivity contribution in [3.05, 3.63) is 101 Å². The summed E-state index contributed by atoms with van der Waals surface area (Å²) in [5.74, 6) is 0.317. The van der Waals surface area contributed by atoms with Crippen LogP contribution in [0.25, 0.3) is 28.1 Å². The van der Waals surface area contributed by atoms with Gasteiger partial charge in [-0.25, -0.2) is 9.67 Å². The Morgan fingerprint density at radius 1 is 0.970 bits per heavy atom. The fourth-order valence-corrected chi connectivity index (χ4v) is 3.75. The summed E-state index contributed by atoms with van der Waals surface area (Å²) in [6.07, 6.45) is 3.31. The number of nitrogens with one attached hydrogen (secondary N) is 1. The van der Waals surface area contributed by atoms with E-state index in [2.05, 4.69) is 25.4 Å². The highest BCUT2D eigenvalue weighted by molar-refractivity contribution is 6.31. The number of hydrogen-bond donors (Lipinski definition) is 1. The summed E-state index contributed by atoms with van der Waals surface area (Å²) in [5, 5.41) is 8.09. The SMILES string of the molecule is Cc1cccc(-n2nc(C(=O)NCc3ccccc3Cl)cc2-c2ccc3nccnc3c2)n1. The maximum Gasteiger partial charge on any atom is 0.272 e. The van der Waals surface area contributed by atoms with Gasteiger partial charge in [-0.3, -0.25) is 14.8 Å². The number of halogens is 1. The molecule has 0 aliphatic carbocycles. The second-order valence-electron chi connectivity index (χ2n) is 7.50. The lowest BCUT2D eigenvalue weighted by molar-refractivity contribution is 0.0945. The topological polar surface area (TPSA) is 85.6 Å². The summed E-state index contributed by atoms with van der Waals surface area (Å²) >= 11 is 6.22. The first-order chi connectivity index (χ1) is 16.1. The Morgan fingerprint density at radius 2 is 1.79 bits per heavy atom. The van der Waals surface area contributed by atoms with Crippen LogP contribution in [0, 0.1) is 6.92 Å². The first kappa shape index (κ1) is 20.8. The average Bonchev–Trinajstić information content (AvgIpc) is 3.29. The molecule has 0 aliphatic rings. The summed E-state index contributed by atoms with van der Waals surface area (Å²) in [4.78, 5) is 26.3. The molecule has 5 rings (SSSR count). The molecule has 2 aromatic carbocycles. The molecule has 0 aliphatic heterocycles. The van der Waals surface area contributed by atoms with Crippen LogP contribution in [0.3, 0.4) is 0 Å². The average molecular weight is 455 g/mol. The molecule has 3 aromatic heterocycles. The van der Waals surface area contributed by atoms with Crippen molar-refractivity contribution in [3.8, 4) is 17.1 Å². The van der Waals surface area contributed by atoms with Crippen LogP contribution in [0.1, 0.15) is 21.7 Å². The predicted octanol–water partition coefficient (Wildman–Crippen LogP) is 4.77. The lowest BCUT2D eigenvalue weighted by atomic mass is 10.1. The number of aromatic nitrogens is 5. The first-order valence-corrected chi connectivity index (χ1v) is 10.7. The Labute approximate surface area is 195 Å². The number of rotatable bonds is 5. The van der Waals surface area contributed by atoms with Crippen molar-refractivity contribution in [2.45, 2.75) is 13.5 Å². The van der Waals surface area contributed by atoms with Crippen molar-refractivity contribution in [1.82, 2.24) is 30.0 Å². The van der Waals surface area contributed by atoms with E-state index in [0.29, 0.717) is 17.4 Å². The molecule has 162 valence electrons. The standard InChI is InChI=1S/C25H19ClN6O/c1-16-5-4-8-24(30-16)32-23(17-9-10-20-21(13-17)28-12-11-27-20)14-22(31-32)25(33)29-15-18-6-2-3-7-19(18)26/h2-14H,15H2,1H3,(H,29,33). The molecule has 0 atom stereocenters. The maximum absolute atomic E-state index is 13.0. The molecule has 0 radical (unpaired) electrons. The van der Waals surface area contributed by atoms with E-state index < -0.39 is 0 Å². The number of nitrogens with zero attached hydrogens (tertiary/aromatic N) is 5. The van der Waals surface area contributed by atoms with Crippen molar-refractivity contribution in [2.75, 3.05) is 0 Å². The third-order valence-electron chi connectivity index (χ3n) is 5.19. The maximum atomic E-state index is 13.0. The Morgan fingerprint density at radius 3 is 2.61 bits per heavy atom. The molecule has 1 N–H and O–H groups in total. The van der Waals surface area contributed by atoms with E-state index in [4.69, 9.17) is 11.6 Å². The number of aryl methyl sites for hydroxylation is 1. The number of carbonyl (C=O) groups is 1. The zero-order chi connectivity index (χ0) is 22.8. The number of benzene rings is 2. The van der Waals surface area contributed by atoms with Crippen molar-refractivity contribution < 1.29 is 4.79 Å². The smallest absolute Gasteiger partial charge is 0.272 e. The summed E-state index contributed by atoms with van der Waals surface area (Å²) in [5.41, 5.74) is 5.08.